The molecule has 2 nitrogen and oxygen atoms in total. The van der Waals surface area contributed by atoms with Crippen LogP contribution in [0.5, 0.6) is 0 Å². The average Bonchev–Trinajstić information content (AvgIpc) is 3.89. The molecule has 2 aliphatic rings. The first kappa shape index (κ1) is 37.4. The maximum absolute atomic E-state index is 2.48. The molecule has 0 fully saturated rings. The van der Waals surface area contributed by atoms with Crippen LogP contribution >= 0.6 is 0 Å². The van der Waals surface area contributed by atoms with Gasteiger partial charge in [-0.15, -0.1) is 0 Å². The van der Waals surface area contributed by atoms with Gasteiger partial charge in [0.05, 0.1) is 11.0 Å². The minimum Gasteiger partial charge on any atom is -0.310 e. The van der Waals surface area contributed by atoms with Gasteiger partial charge in [-0.2, -0.15) is 0 Å². The number of para-hydroxylation sites is 2. The van der Waals surface area contributed by atoms with Crippen LogP contribution in [-0.4, -0.2) is 4.57 Å². The largest absolute Gasteiger partial charge is 0.310 e. The number of hydrogen-bond donors (Lipinski definition) is 0. The summed E-state index contributed by atoms with van der Waals surface area (Å²) < 4.78 is 2.48. The van der Waals surface area contributed by atoms with E-state index in [2.05, 4.69) is 243 Å². The Morgan fingerprint density at radius 1 is 0.333 bits per heavy atom. The van der Waals surface area contributed by atoms with E-state index in [0.717, 1.165) is 5.69 Å². The van der Waals surface area contributed by atoms with Gasteiger partial charge < -0.3 is 9.47 Å². The molecule has 0 amide bonds. The Labute approximate surface area is 385 Å². The average molecular weight is 843 g/mol. The van der Waals surface area contributed by atoms with Crippen LogP contribution in [0.4, 0.5) is 17.1 Å². The molecule has 1 aromatic heterocycles. The number of fused-ring (bicyclic) bond motifs is 10. The summed E-state index contributed by atoms with van der Waals surface area (Å²) in [6.45, 7) is 9.54. The summed E-state index contributed by atoms with van der Waals surface area (Å²) >= 11 is 0. The molecule has 0 atom stereocenters. The molecule has 0 unspecified atom stereocenters. The Balaban J connectivity index is 0.897. The van der Waals surface area contributed by atoms with Gasteiger partial charge in [-0.1, -0.05) is 167 Å². The molecule has 14 rings (SSSR count). The summed E-state index contributed by atoms with van der Waals surface area (Å²) in [5.41, 5.74) is 20.0. The number of rotatable bonds is 5. The van der Waals surface area contributed by atoms with Crippen LogP contribution in [0, 0.1) is 0 Å². The van der Waals surface area contributed by atoms with E-state index in [1.54, 1.807) is 0 Å². The van der Waals surface area contributed by atoms with Gasteiger partial charge in [0.2, 0.25) is 0 Å². The van der Waals surface area contributed by atoms with Gasteiger partial charge in [-0.05, 0) is 155 Å². The standard InChI is InChI=1S/C64H46N2/c1-63(2)54-21-12-11-20-48(54)50-32-27-46(37-56(50)63)65(44-16-7-5-8-17-44)47-28-33-51-49-29-25-41(34-55(49)64(3,4)57(51)38-47)42-26-30-52-58(35-42)66(45-18-9-6-10-19-45)59-36-43-23-22-39-14-13-15-40-24-31-53(62(52)59)61(43)60(39)40/h5-38H,1-4H3. The van der Waals surface area contributed by atoms with Crippen molar-refractivity contribution in [1.82, 2.24) is 4.57 Å². The molecule has 312 valence electrons. The van der Waals surface area contributed by atoms with E-state index in [9.17, 15) is 0 Å². The first-order valence-corrected chi connectivity index (χ1v) is 23.3. The molecule has 11 aromatic carbocycles. The minimum atomic E-state index is -0.222. The van der Waals surface area contributed by atoms with E-state index < -0.39 is 0 Å². The molecule has 2 heteroatoms. The summed E-state index contributed by atoms with van der Waals surface area (Å²) in [7, 11) is 0. The highest BCUT2D eigenvalue weighted by atomic mass is 15.1. The quantitative estimate of drug-likeness (QED) is 0.157. The van der Waals surface area contributed by atoms with Crippen molar-refractivity contribution in [2.45, 2.75) is 38.5 Å². The molecular formula is C64H46N2. The number of aromatic nitrogens is 1. The van der Waals surface area contributed by atoms with E-state index in [4.69, 9.17) is 0 Å². The zero-order chi connectivity index (χ0) is 44.1. The summed E-state index contributed by atoms with van der Waals surface area (Å²) in [5.74, 6) is 0. The van der Waals surface area contributed by atoms with Crippen molar-refractivity contribution in [2.24, 2.45) is 0 Å². The van der Waals surface area contributed by atoms with Crippen LogP contribution in [0.3, 0.4) is 0 Å². The van der Waals surface area contributed by atoms with Crippen LogP contribution in [0.15, 0.2) is 206 Å². The van der Waals surface area contributed by atoms with Crippen LogP contribution in [0.25, 0.3) is 93.2 Å². The maximum Gasteiger partial charge on any atom is 0.0553 e. The zero-order valence-electron chi connectivity index (χ0n) is 37.5. The number of anilines is 3. The third kappa shape index (κ3) is 5.07. The zero-order valence-corrected chi connectivity index (χ0v) is 37.5. The molecule has 0 N–H and O–H groups in total. The lowest BCUT2D eigenvalue weighted by atomic mass is 9.81. The molecule has 66 heavy (non-hydrogen) atoms. The van der Waals surface area contributed by atoms with Gasteiger partial charge in [0.25, 0.3) is 0 Å². The summed E-state index contributed by atoms with van der Waals surface area (Å²) in [4.78, 5) is 2.44. The van der Waals surface area contributed by atoms with Crippen molar-refractivity contribution in [3.8, 4) is 39.1 Å². The second-order valence-corrected chi connectivity index (χ2v) is 19.7. The van der Waals surface area contributed by atoms with Gasteiger partial charge in [0, 0.05) is 44.4 Å². The molecular weight excluding hydrogens is 797 g/mol. The lowest BCUT2D eigenvalue weighted by Gasteiger charge is -2.29. The van der Waals surface area contributed by atoms with Crippen LogP contribution in [0.1, 0.15) is 49.9 Å². The molecule has 0 saturated carbocycles. The molecule has 12 aromatic rings. The van der Waals surface area contributed by atoms with Crippen molar-refractivity contribution in [1.29, 1.82) is 0 Å². The van der Waals surface area contributed by atoms with Crippen molar-refractivity contribution < 1.29 is 0 Å². The Kier molecular flexibility index (Phi) is 7.55. The second kappa shape index (κ2) is 13.3. The van der Waals surface area contributed by atoms with Crippen molar-refractivity contribution in [2.75, 3.05) is 4.90 Å². The number of hydrogen-bond acceptors (Lipinski definition) is 1. The van der Waals surface area contributed by atoms with Gasteiger partial charge in [0.15, 0.2) is 0 Å². The van der Waals surface area contributed by atoms with Crippen molar-refractivity contribution >= 4 is 71.2 Å². The molecule has 1 heterocycles. The lowest BCUT2D eigenvalue weighted by Crippen LogP contribution is -2.18. The molecule has 0 spiro atoms. The molecule has 0 radical (unpaired) electrons. The summed E-state index contributed by atoms with van der Waals surface area (Å²) in [6.07, 6.45) is 0. The molecule has 0 saturated heterocycles. The van der Waals surface area contributed by atoms with Crippen molar-refractivity contribution in [3.63, 3.8) is 0 Å². The highest BCUT2D eigenvalue weighted by Crippen LogP contribution is 2.54. The Bertz CT molecular complexity index is 3970. The lowest BCUT2D eigenvalue weighted by molar-refractivity contribution is 0.660. The van der Waals surface area contributed by atoms with E-state index in [-0.39, 0.29) is 10.8 Å². The van der Waals surface area contributed by atoms with Gasteiger partial charge in [0.1, 0.15) is 0 Å². The van der Waals surface area contributed by atoms with Crippen LogP contribution in [0.2, 0.25) is 0 Å². The van der Waals surface area contributed by atoms with Gasteiger partial charge in [-0.25, -0.2) is 0 Å². The smallest absolute Gasteiger partial charge is 0.0553 e. The first-order valence-electron chi connectivity index (χ1n) is 23.3. The number of nitrogens with zero attached hydrogens (tertiary/aromatic N) is 2. The first-order chi connectivity index (χ1) is 32.2. The predicted molar refractivity (Wildman–Crippen MR) is 280 cm³/mol. The highest BCUT2D eigenvalue weighted by molar-refractivity contribution is 6.33. The highest BCUT2D eigenvalue weighted by Gasteiger charge is 2.38. The van der Waals surface area contributed by atoms with E-state index in [1.165, 1.54) is 127 Å². The van der Waals surface area contributed by atoms with Crippen LogP contribution in [-0.2, 0) is 10.8 Å². The normalized spacial score (nSPS) is 14.3. The summed E-state index contributed by atoms with van der Waals surface area (Å²) in [5, 5.41) is 10.5. The third-order valence-electron chi connectivity index (χ3n) is 15.5. The molecule has 0 bridgehead atoms. The predicted octanol–water partition coefficient (Wildman–Crippen LogP) is 17.4. The van der Waals surface area contributed by atoms with Crippen molar-refractivity contribution in [3.05, 3.63) is 229 Å². The second-order valence-electron chi connectivity index (χ2n) is 19.7. The molecule has 2 aliphatic carbocycles. The molecule has 0 aliphatic heterocycles. The summed E-state index contributed by atoms with van der Waals surface area (Å²) in [6, 6.07) is 77.5. The third-order valence-corrected chi connectivity index (χ3v) is 15.5. The fourth-order valence-electron chi connectivity index (χ4n) is 12.2. The van der Waals surface area contributed by atoms with Crippen LogP contribution < -0.4 is 4.90 Å². The Hall–Kier alpha value is -7.94. The number of benzene rings is 11. The van der Waals surface area contributed by atoms with E-state index in [1.807, 2.05) is 0 Å². The van der Waals surface area contributed by atoms with Gasteiger partial charge in [-0.3, -0.25) is 0 Å². The SMILES string of the molecule is CC1(C)c2ccccc2-c2ccc(N(c3ccccc3)c3ccc4c(c3)C(C)(C)c3cc(-c5ccc6c7c8ccc9cccc%10ccc(cc7n(-c7ccccc7)c6c5)c8c%109)ccc3-4)cc21. The Morgan fingerprint density at radius 3 is 1.61 bits per heavy atom. The van der Waals surface area contributed by atoms with E-state index >= 15 is 0 Å². The van der Waals surface area contributed by atoms with E-state index in [0.29, 0.717) is 0 Å². The topological polar surface area (TPSA) is 8.17 Å². The monoisotopic (exact) mass is 842 g/mol. The fraction of sp³-hybridized carbons (Fsp3) is 0.0938. The maximum atomic E-state index is 2.48. The minimum absolute atomic E-state index is 0.0893. The fourth-order valence-corrected chi connectivity index (χ4v) is 12.2. The van der Waals surface area contributed by atoms with Gasteiger partial charge >= 0.3 is 0 Å². The Morgan fingerprint density at radius 2 is 0.879 bits per heavy atom.